The molecule has 0 saturated heterocycles. The zero-order valence-corrected chi connectivity index (χ0v) is 10.5. The fourth-order valence-electron chi connectivity index (χ4n) is 1.44. The molecule has 0 aliphatic carbocycles. The van der Waals surface area contributed by atoms with Crippen molar-refractivity contribution in [3.8, 4) is 0 Å². The van der Waals surface area contributed by atoms with E-state index < -0.39 is 0 Å². The lowest BCUT2D eigenvalue weighted by Gasteiger charge is -2.20. The molecule has 0 saturated carbocycles. The van der Waals surface area contributed by atoms with Crippen LogP contribution in [0.25, 0.3) is 0 Å². The summed E-state index contributed by atoms with van der Waals surface area (Å²) in [6, 6.07) is 3.68. The third kappa shape index (κ3) is 3.06. The normalized spacial score (nSPS) is 11.9. The smallest absolute Gasteiger partial charge is 0.224 e. The first-order chi connectivity index (χ1) is 7.58. The van der Waals surface area contributed by atoms with Crippen molar-refractivity contribution in [3.05, 3.63) is 17.0 Å². The average molecular weight is 240 g/mol. The lowest BCUT2D eigenvalue weighted by molar-refractivity contribution is -0.123. The summed E-state index contributed by atoms with van der Waals surface area (Å²) >= 11 is 1.43. The second-order valence-corrected chi connectivity index (χ2v) is 4.78. The van der Waals surface area contributed by atoms with Gasteiger partial charge in [0.2, 0.25) is 5.91 Å². The van der Waals surface area contributed by atoms with Crippen LogP contribution in [0.3, 0.4) is 0 Å². The summed E-state index contributed by atoms with van der Waals surface area (Å²) in [5.41, 5.74) is 0. The fraction of sp³-hybridized carbons (Fsp3) is 0.455. The number of nitrogens with zero attached hydrogens (tertiary/aromatic N) is 1. The lowest BCUT2D eigenvalue weighted by Crippen LogP contribution is -2.34. The molecule has 1 unspecified atom stereocenters. The largest absolute Gasteiger partial charge is 0.366 e. The van der Waals surface area contributed by atoms with Gasteiger partial charge in [0.25, 0.3) is 0 Å². The predicted octanol–water partition coefficient (Wildman–Crippen LogP) is 1.38. The van der Waals surface area contributed by atoms with Crippen LogP contribution in [0.5, 0.6) is 0 Å². The minimum atomic E-state index is -0.0724. The first-order valence-electron chi connectivity index (χ1n) is 5.06. The van der Waals surface area contributed by atoms with Gasteiger partial charge in [0.1, 0.15) is 0 Å². The molecule has 1 N–H and O–H groups in total. The average Bonchev–Trinajstić information content (AvgIpc) is 2.76. The second-order valence-electron chi connectivity index (χ2n) is 3.69. The number of carbonyl (C=O) groups excluding carboxylic acids is 2. The zero-order valence-electron chi connectivity index (χ0n) is 9.69. The quantitative estimate of drug-likeness (QED) is 0.791. The van der Waals surface area contributed by atoms with Crippen LogP contribution in [0.4, 0.5) is 5.00 Å². The number of aldehydes is 1. The Morgan fingerprint density at radius 1 is 1.62 bits per heavy atom. The van der Waals surface area contributed by atoms with Crippen molar-refractivity contribution in [2.75, 3.05) is 25.5 Å². The number of carbonyl (C=O) groups is 2. The fourth-order valence-corrected chi connectivity index (χ4v) is 2.23. The van der Waals surface area contributed by atoms with Crippen LogP contribution in [-0.4, -0.2) is 32.8 Å². The molecule has 0 aliphatic rings. The van der Waals surface area contributed by atoms with E-state index >= 15 is 0 Å². The number of hydrogen-bond donors (Lipinski definition) is 1. The molecule has 0 radical (unpaired) electrons. The summed E-state index contributed by atoms with van der Waals surface area (Å²) in [6.45, 7) is 2.52. The molecule has 0 aromatic carbocycles. The van der Waals surface area contributed by atoms with E-state index in [0.29, 0.717) is 11.4 Å². The van der Waals surface area contributed by atoms with Gasteiger partial charge in [0.05, 0.1) is 15.8 Å². The molecule has 0 fully saturated rings. The van der Waals surface area contributed by atoms with E-state index in [2.05, 4.69) is 5.32 Å². The number of nitrogens with one attached hydrogen (secondary N) is 1. The monoisotopic (exact) mass is 240 g/mol. The third-order valence-electron chi connectivity index (χ3n) is 2.35. The predicted molar refractivity (Wildman–Crippen MR) is 66.2 cm³/mol. The summed E-state index contributed by atoms with van der Waals surface area (Å²) in [5, 5.41) is 3.62. The summed E-state index contributed by atoms with van der Waals surface area (Å²) in [5.74, 6) is -0.0456. The van der Waals surface area contributed by atoms with Crippen molar-refractivity contribution in [1.29, 1.82) is 0 Å². The van der Waals surface area contributed by atoms with Gasteiger partial charge >= 0.3 is 0 Å². The van der Waals surface area contributed by atoms with Crippen molar-refractivity contribution in [2.24, 2.45) is 5.92 Å². The topological polar surface area (TPSA) is 49.4 Å². The first-order valence-corrected chi connectivity index (χ1v) is 5.88. The summed E-state index contributed by atoms with van der Waals surface area (Å²) in [7, 11) is 3.55. The van der Waals surface area contributed by atoms with Gasteiger partial charge in [-0.05, 0) is 12.1 Å². The molecule has 0 aliphatic heterocycles. The van der Waals surface area contributed by atoms with E-state index in [1.54, 1.807) is 13.1 Å². The highest BCUT2D eigenvalue weighted by Gasteiger charge is 2.14. The first kappa shape index (κ1) is 12.7. The molecule has 88 valence electrons. The Balaban J connectivity index is 2.61. The highest BCUT2D eigenvalue weighted by Crippen LogP contribution is 2.24. The van der Waals surface area contributed by atoms with Crippen LogP contribution in [0.15, 0.2) is 12.1 Å². The van der Waals surface area contributed by atoms with Crippen molar-refractivity contribution < 1.29 is 9.59 Å². The van der Waals surface area contributed by atoms with Crippen molar-refractivity contribution >= 4 is 28.5 Å². The van der Waals surface area contributed by atoms with Crippen molar-refractivity contribution in [2.45, 2.75) is 6.92 Å². The molecule has 1 atom stereocenters. The Hall–Kier alpha value is -1.36. The number of amides is 1. The van der Waals surface area contributed by atoms with Crippen molar-refractivity contribution in [3.63, 3.8) is 0 Å². The molecule has 0 spiro atoms. The Morgan fingerprint density at radius 2 is 2.31 bits per heavy atom. The van der Waals surface area contributed by atoms with Gasteiger partial charge in [-0.2, -0.15) is 0 Å². The minimum absolute atomic E-state index is 0.0269. The highest BCUT2D eigenvalue weighted by molar-refractivity contribution is 7.17. The molecule has 5 heteroatoms. The molecule has 1 rings (SSSR count). The maximum atomic E-state index is 11.3. The molecule has 1 aromatic rings. The van der Waals surface area contributed by atoms with Crippen molar-refractivity contribution in [1.82, 2.24) is 5.32 Å². The SMILES string of the molecule is CNC(=O)C(C)CN(C)c1ccc(C=O)s1. The second kappa shape index (κ2) is 5.65. The summed E-state index contributed by atoms with van der Waals surface area (Å²) in [4.78, 5) is 24.6. The van der Waals surface area contributed by atoms with E-state index in [9.17, 15) is 9.59 Å². The van der Waals surface area contributed by atoms with Crippen LogP contribution < -0.4 is 10.2 Å². The van der Waals surface area contributed by atoms with Gasteiger partial charge in [0.15, 0.2) is 6.29 Å². The molecule has 1 heterocycles. The minimum Gasteiger partial charge on any atom is -0.366 e. The number of hydrogen-bond acceptors (Lipinski definition) is 4. The Kier molecular flexibility index (Phi) is 4.49. The molecule has 16 heavy (non-hydrogen) atoms. The molecule has 1 amide bonds. The number of thiophene rings is 1. The van der Waals surface area contributed by atoms with Crippen LogP contribution in [0.1, 0.15) is 16.6 Å². The summed E-state index contributed by atoms with van der Waals surface area (Å²) < 4.78 is 0. The van der Waals surface area contributed by atoms with Gasteiger partial charge in [-0.3, -0.25) is 9.59 Å². The standard InChI is InChI=1S/C11H16N2O2S/c1-8(11(15)12-2)6-13(3)10-5-4-9(7-14)16-10/h4-5,7-8H,6H2,1-3H3,(H,12,15). The van der Waals surface area contributed by atoms with Crippen LogP contribution in [0, 0.1) is 5.92 Å². The van der Waals surface area contributed by atoms with Crippen LogP contribution in [-0.2, 0) is 4.79 Å². The zero-order chi connectivity index (χ0) is 12.1. The van der Waals surface area contributed by atoms with Crippen LogP contribution >= 0.6 is 11.3 Å². The van der Waals surface area contributed by atoms with Gasteiger partial charge in [-0.25, -0.2) is 0 Å². The molecule has 1 aromatic heterocycles. The molecular weight excluding hydrogens is 224 g/mol. The van der Waals surface area contributed by atoms with Crippen LogP contribution in [0.2, 0.25) is 0 Å². The van der Waals surface area contributed by atoms with E-state index in [4.69, 9.17) is 0 Å². The lowest BCUT2D eigenvalue weighted by atomic mass is 10.1. The van der Waals surface area contributed by atoms with E-state index in [-0.39, 0.29) is 11.8 Å². The number of anilines is 1. The molecule has 0 bridgehead atoms. The Morgan fingerprint density at radius 3 is 2.81 bits per heavy atom. The highest BCUT2D eigenvalue weighted by atomic mass is 32.1. The Bertz CT molecular complexity index is 376. The molecular formula is C11H16N2O2S. The van der Waals surface area contributed by atoms with Gasteiger partial charge in [-0.15, -0.1) is 11.3 Å². The van der Waals surface area contributed by atoms with Gasteiger partial charge in [0, 0.05) is 20.6 Å². The maximum Gasteiger partial charge on any atom is 0.224 e. The molecule has 4 nitrogen and oxygen atoms in total. The third-order valence-corrected chi connectivity index (χ3v) is 3.47. The van der Waals surface area contributed by atoms with Gasteiger partial charge < -0.3 is 10.2 Å². The van der Waals surface area contributed by atoms with E-state index in [1.165, 1.54) is 11.3 Å². The number of rotatable bonds is 5. The maximum absolute atomic E-state index is 11.3. The Labute approximate surface area is 99.3 Å². The summed E-state index contributed by atoms with van der Waals surface area (Å²) in [6.07, 6.45) is 0.837. The van der Waals surface area contributed by atoms with E-state index in [0.717, 1.165) is 11.3 Å². The van der Waals surface area contributed by atoms with Gasteiger partial charge in [-0.1, -0.05) is 6.92 Å². The van der Waals surface area contributed by atoms with E-state index in [1.807, 2.05) is 24.9 Å².